The van der Waals surface area contributed by atoms with Gasteiger partial charge in [-0.2, -0.15) is 5.10 Å². The lowest BCUT2D eigenvalue weighted by Crippen LogP contribution is -2.63. The molecule has 3 aliphatic carbocycles. The average Bonchev–Trinajstić information content (AvgIpc) is 2.49. The molecule has 0 atom stereocenters. The zero-order valence-corrected chi connectivity index (χ0v) is 9.27. The molecule has 1 N–H and O–H groups in total. The van der Waals surface area contributed by atoms with E-state index in [1.54, 1.807) is 0 Å². The first-order valence-corrected chi connectivity index (χ1v) is 5.82. The van der Waals surface area contributed by atoms with Gasteiger partial charge in [0.15, 0.2) is 5.82 Å². The van der Waals surface area contributed by atoms with Crippen LogP contribution < -0.4 is 5.32 Å². The molecular weight excluding hydrogens is 200 g/mol. The standard InChI is InChI=1S/C12H14N4/c1-16-9-3-2-4-13-10(9)11(15-16)14-12-5-8(6-12)7-12/h2-4,8H,5-7H2,1H3,(H,14,15). The Hall–Kier alpha value is -1.58. The van der Waals surface area contributed by atoms with Gasteiger partial charge in [-0.3, -0.25) is 9.67 Å². The normalized spacial score (nSPS) is 30.9. The highest BCUT2D eigenvalue weighted by Crippen LogP contribution is 2.58. The van der Waals surface area contributed by atoms with E-state index in [-0.39, 0.29) is 0 Å². The Morgan fingerprint density at radius 1 is 1.44 bits per heavy atom. The average molecular weight is 214 g/mol. The minimum atomic E-state index is 0.365. The van der Waals surface area contributed by atoms with Crippen LogP contribution >= 0.6 is 0 Å². The molecule has 0 spiro atoms. The van der Waals surface area contributed by atoms with Gasteiger partial charge in [0.2, 0.25) is 0 Å². The Morgan fingerprint density at radius 3 is 2.94 bits per heavy atom. The van der Waals surface area contributed by atoms with Gasteiger partial charge in [0.1, 0.15) is 5.52 Å². The highest BCUT2D eigenvalue weighted by molar-refractivity contribution is 5.86. The van der Waals surface area contributed by atoms with Gasteiger partial charge in [-0.05, 0) is 37.3 Å². The third-order valence-electron chi connectivity index (χ3n) is 4.03. The van der Waals surface area contributed by atoms with Gasteiger partial charge < -0.3 is 5.32 Å². The van der Waals surface area contributed by atoms with Crippen molar-refractivity contribution in [2.45, 2.75) is 24.8 Å². The summed E-state index contributed by atoms with van der Waals surface area (Å²) in [6.45, 7) is 0. The number of fused-ring (bicyclic) bond motifs is 1. The quantitative estimate of drug-likeness (QED) is 0.830. The lowest BCUT2D eigenvalue weighted by molar-refractivity contribution is 0.00186. The van der Waals surface area contributed by atoms with Crippen LogP contribution in [0, 0.1) is 5.92 Å². The Kier molecular flexibility index (Phi) is 1.37. The van der Waals surface area contributed by atoms with Crippen molar-refractivity contribution in [1.82, 2.24) is 14.8 Å². The van der Waals surface area contributed by atoms with Gasteiger partial charge >= 0.3 is 0 Å². The van der Waals surface area contributed by atoms with Crippen molar-refractivity contribution in [3.63, 3.8) is 0 Å². The Labute approximate surface area is 93.7 Å². The van der Waals surface area contributed by atoms with Crippen LogP contribution in [-0.2, 0) is 7.05 Å². The van der Waals surface area contributed by atoms with Crippen LogP contribution in [0.1, 0.15) is 19.3 Å². The van der Waals surface area contributed by atoms with E-state index in [2.05, 4.69) is 21.5 Å². The van der Waals surface area contributed by atoms with Crippen LogP contribution in [0.5, 0.6) is 0 Å². The zero-order chi connectivity index (χ0) is 10.8. The summed E-state index contributed by atoms with van der Waals surface area (Å²) < 4.78 is 1.90. The number of nitrogens with zero attached hydrogens (tertiary/aromatic N) is 3. The number of aromatic nitrogens is 3. The molecule has 0 aliphatic heterocycles. The van der Waals surface area contributed by atoms with E-state index < -0.39 is 0 Å². The third-order valence-corrected chi connectivity index (χ3v) is 4.03. The van der Waals surface area contributed by atoms with Crippen LogP contribution in [0.3, 0.4) is 0 Å². The monoisotopic (exact) mass is 214 g/mol. The molecule has 2 aromatic heterocycles. The van der Waals surface area contributed by atoms with Crippen molar-refractivity contribution in [2.75, 3.05) is 5.32 Å². The van der Waals surface area contributed by atoms with Gasteiger partial charge in [0, 0.05) is 18.8 Å². The van der Waals surface area contributed by atoms with Crippen molar-refractivity contribution in [2.24, 2.45) is 13.0 Å². The summed E-state index contributed by atoms with van der Waals surface area (Å²) >= 11 is 0. The molecule has 2 aromatic rings. The van der Waals surface area contributed by atoms with E-state index in [1.165, 1.54) is 19.3 Å². The Morgan fingerprint density at radius 2 is 2.25 bits per heavy atom. The molecule has 3 aliphatic rings. The summed E-state index contributed by atoms with van der Waals surface area (Å²) in [6, 6.07) is 4.01. The zero-order valence-electron chi connectivity index (χ0n) is 9.27. The van der Waals surface area contributed by atoms with Gasteiger partial charge in [0.25, 0.3) is 0 Å². The maximum atomic E-state index is 4.52. The fourth-order valence-corrected chi connectivity index (χ4v) is 3.06. The number of hydrogen-bond donors (Lipinski definition) is 1. The van der Waals surface area contributed by atoms with Crippen molar-refractivity contribution < 1.29 is 0 Å². The van der Waals surface area contributed by atoms with Crippen LogP contribution in [0.4, 0.5) is 5.82 Å². The first-order valence-electron chi connectivity index (χ1n) is 5.82. The smallest absolute Gasteiger partial charge is 0.175 e. The lowest BCUT2D eigenvalue weighted by Gasteiger charge is -2.62. The van der Waals surface area contributed by atoms with Crippen molar-refractivity contribution >= 4 is 16.9 Å². The summed E-state index contributed by atoms with van der Waals surface area (Å²) in [6.07, 6.45) is 5.78. The molecule has 5 rings (SSSR count). The molecular formula is C12H14N4. The van der Waals surface area contributed by atoms with Crippen molar-refractivity contribution in [3.8, 4) is 0 Å². The van der Waals surface area contributed by atoms with Crippen molar-refractivity contribution in [1.29, 1.82) is 0 Å². The lowest BCUT2D eigenvalue weighted by atomic mass is 9.50. The minimum absolute atomic E-state index is 0.365. The summed E-state index contributed by atoms with van der Waals surface area (Å²) in [4.78, 5) is 4.42. The Bertz CT molecular complexity index is 554. The second-order valence-electron chi connectivity index (χ2n) is 5.23. The number of anilines is 1. The third kappa shape index (κ3) is 0.944. The first kappa shape index (κ1) is 8.56. The number of aryl methyl sites for hydroxylation is 1. The predicted octanol–water partition coefficient (Wildman–Crippen LogP) is 1.93. The summed E-state index contributed by atoms with van der Waals surface area (Å²) in [5.41, 5.74) is 2.45. The molecule has 0 radical (unpaired) electrons. The van der Waals surface area contributed by atoms with Crippen LogP contribution in [-0.4, -0.2) is 20.3 Å². The van der Waals surface area contributed by atoms with E-state index in [9.17, 15) is 0 Å². The summed E-state index contributed by atoms with van der Waals surface area (Å²) in [5, 5.41) is 8.11. The molecule has 0 saturated heterocycles. The summed E-state index contributed by atoms with van der Waals surface area (Å²) in [5.74, 6) is 1.94. The molecule has 0 unspecified atom stereocenters. The minimum Gasteiger partial charge on any atom is -0.361 e. The number of hydrogen-bond acceptors (Lipinski definition) is 3. The van der Waals surface area contributed by atoms with Gasteiger partial charge in [-0.25, -0.2) is 0 Å². The highest BCUT2D eigenvalue weighted by atomic mass is 15.3. The highest BCUT2D eigenvalue weighted by Gasteiger charge is 2.57. The Balaban J connectivity index is 1.79. The molecule has 3 fully saturated rings. The van der Waals surface area contributed by atoms with Crippen molar-refractivity contribution in [3.05, 3.63) is 18.3 Å². The molecule has 0 amide bonds. The number of nitrogens with one attached hydrogen (secondary N) is 1. The maximum absolute atomic E-state index is 4.52. The van der Waals surface area contributed by atoms with E-state index in [4.69, 9.17) is 0 Å². The molecule has 2 heterocycles. The maximum Gasteiger partial charge on any atom is 0.175 e. The summed E-state index contributed by atoms with van der Waals surface area (Å²) in [7, 11) is 1.97. The fourth-order valence-electron chi connectivity index (χ4n) is 3.06. The van der Waals surface area contributed by atoms with Gasteiger partial charge in [-0.15, -0.1) is 0 Å². The molecule has 82 valence electrons. The number of pyridine rings is 1. The van der Waals surface area contributed by atoms with E-state index in [0.717, 1.165) is 22.8 Å². The largest absolute Gasteiger partial charge is 0.361 e. The van der Waals surface area contributed by atoms with Gasteiger partial charge in [0.05, 0.1) is 5.52 Å². The first-order chi connectivity index (χ1) is 7.76. The molecule has 3 saturated carbocycles. The van der Waals surface area contributed by atoms with Gasteiger partial charge in [-0.1, -0.05) is 0 Å². The van der Waals surface area contributed by atoms with Crippen LogP contribution in [0.25, 0.3) is 11.0 Å². The second-order valence-corrected chi connectivity index (χ2v) is 5.23. The molecule has 0 aromatic carbocycles. The predicted molar refractivity (Wildman–Crippen MR) is 62.2 cm³/mol. The number of rotatable bonds is 2. The van der Waals surface area contributed by atoms with E-state index >= 15 is 0 Å². The van der Waals surface area contributed by atoms with Crippen LogP contribution in [0.15, 0.2) is 18.3 Å². The molecule has 16 heavy (non-hydrogen) atoms. The fraction of sp³-hybridized carbons (Fsp3) is 0.500. The SMILES string of the molecule is Cn1nc(NC23CC(C2)C3)c2ncccc21. The second kappa shape index (κ2) is 2.56. The van der Waals surface area contributed by atoms with Crippen LogP contribution in [0.2, 0.25) is 0 Å². The molecule has 4 heteroatoms. The van der Waals surface area contributed by atoms with E-state index in [1.807, 2.05) is 24.0 Å². The molecule has 4 nitrogen and oxygen atoms in total. The topological polar surface area (TPSA) is 42.7 Å². The van der Waals surface area contributed by atoms with E-state index in [0.29, 0.717) is 5.54 Å². The molecule has 2 bridgehead atoms.